The van der Waals surface area contributed by atoms with E-state index in [4.69, 9.17) is 0 Å². The minimum Gasteiger partial charge on any atom is -0.316 e. The van der Waals surface area contributed by atoms with Gasteiger partial charge < -0.3 is 5.32 Å². The van der Waals surface area contributed by atoms with Crippen LogP contribution in [0.25, 0.3) is 5.78 Å². The van der Waals surface area contributed by atoms with Crippen LogP contribution in [-0.2, 0) is 0 Å². The summed E-state index contributed by atoms with van der Waals surface area (Å²) < 4.78 is 27.5. The zero-order chi connectivity index (χ0) is 12.5. The van der Waals surface area contributed by atoms with E-state index in [1.165, 1.54) is 6.07 Å². The molecule has 1 N–H and O–H groups in total. The van der Waals surface area contributed by atoms with Gasteiger partial charge in [-0.2, -0.15) is 0 Å². The van der Waals surface area contributed by atoms with Gasteiger partial charge in [0.2, 0.25) is 5.78 Å². The first-order valence-electron chi connectivity index (χ1n) is 6.08. The lowest BCUT2D eigenvalue weighted by Gasteiger charge is -2.24. The molecule has 0 amide bonds. The first-order chi connectivity index (χ1) is 8.75. The fourth-order valence-electron chi connectivity index (χ4n) is 2.48. The summed E-state index contributed by atoms with van der Waals surface area (Å²) >= 11 is 0. The predicted molar refractivity (Wildman–Crippen MR) is 62.8 cm³/mol. The summed E-state index contributed by atoms with van der Waals surface area (Å²) in [5.41, 5.74) is 0.689. The fraction of sp³-hybridized carbons (Fsp3) is 0.500. The molecule has 1 atom stereocenters. The van der Waals surface area contributed by atoms with Crippen molar-refractivity contribution in [3.8, 4) is 0 Å². The molecule has 0 aromatic carbocycles. The molecule has 2 aromatic rings. The predicted octanol–water partition coefficient (Wildman–Crippen LogP) is 2.13. The molecule has 2 aromatic heterocycles. The molecular formula is C12H14F2N4. The zero-order valence-corrected chi connectivity index (χ0v) is 9.81. The van der Waals surface area contributed by atoms with Gasteiger partial charge in [-0.25, -0.2) is 18.7 Å². The van der Waals surface area contributed by atoms with E-state index in [1.807, 2.05) is 4.40 Å². The lowest BCUT2D eigenvalue weighted by molar-refractivity contribution is 0.146. The van der Waals surface area contributed by atoms with E-state index >= 15 is 0 Å². The first kappa shape index (κ1) is 11.5. The van der Waals surface area contributed by atoms with Crippen LogP contribution in [0.5, 0.6) is 0 Å². The molecule has 0 spiro atoms. The monoisotopic (exact) mass is 252 g/mol. The van der Waals surface area contributed by atoms with Gasteiger partial charge in [-0.3, -0.25) is 4.40 Å². The number of halogens is 2. The highest BCUT2D eigenvalue weighted by atomic mass is 19.3. The number of fused-ring (bicyclic) bond motifs is 1. The van der Waals surface area contributed by atoms with Crippen LogP contribution < -0.4 is 5.32 Å². The Morgan fingerprint density at radius 1 is 1.44 bits per heavy atom. The highest BCUT2D eigenvalue weighted by Gasteiger charge is 2.21. The van der Waals surface area contributed by atoms with Gasteiger partial charge in [0.1, 0.15) is 5.69 Å². The Hall–Kier alpha value is -1.56. The Bertz CT molecular complexity index is 546. The van der Waals surface area contributed by atoms with E-state index in [2.05, 4.69) is 15.3 Å². The van der Waals surface area contributed by atoms with Crippen molar-refractivity contribution in [3.05, 3.63) is 29.8 Å². The summed E-state index contributed by atoms with van der Waals surface area (Å²) in [6.07, 6.45) is 2.89. The van der Waals surface area contributed by atoms with Crippen molar-refractivity contribution >= 4 is 5.78 Å². The van der Waals surface area contributed by atoms with Crippen LogP contribution in [-0.4, -0.2) is 27.5 Å². The summed E-state index contributed by atoms with van der Waals surface area (Å²) in [4.78, 5) is 7.89. The number of hydrogen-bond donors (Lipinski definition) is 1. The fourth-order valence-corrected chi connectivity index (χ4v) is 2.48. The SMILES string of the molecule is FC(F)c1cc(C2CCCNC2)n2ccnc2n1. The topological polar surface area (TPSA) is 42.2 Å². The van der Waals surface area contributed by atoms with E-state index < -0.39 is 6.43 Å². The average Bonchev–Trinajstić information content (AvgIpc) is 2.86. The Balaban J connectivity index is 2.09. The molecular weight excluding hydrogens is 238 g/mol. The van der Waals surface area contributed by atoms with Gasteiger partial charge in [0.25, 0.3) is 6.43 Å². The van der Waals surface area contributed by atoms with E-state index in [-0.39, 0.29) is 11.6 Å². The smallest absolute Gasteiger partial charge is 0.280 e. The molecule has 3 rings (SSSR count). The lowest BCUT2D eigenvalue weighted by atomic mass is 9.95. The third-order valence-electron chi connectivity index (χ3n) is 3.36. The molecule has 1 fully saturated rings. The summed E-state index contributed by atoms with van der Waals surface area (Å²) in [7, 11) is 0. The minimum atomic E-state index is -2.55. The number of nitrogens with one attached hydrogen (secondary N) is 1. The number of alkyl halides is 2. The molecule has 0 aliphatic carbocycles. The molecule has 0 bridgehead atoms. The summed E-state index contributed by atoms with van der Waals surface area (Å²) in [5.74, 6) is 0.601. The number of aromatic nitrogens is 3. The van der Waals surface area contributed by atoms with Gasteiger partial charge in [-0.15, -0.1) is 0 Å². The maximum Gasteiger partial charge on any atom is 0.280 e. The van der Waals surface area contributed by atoms with E-state index in [0.717, 1.165) is 31.6 Å². The zero-order valence-electron chi connectivity index (χ0n) is 9.81. The normalized spacial score (nSPS) is 20.7. The van der Waals surface area contributed by atoms with Crippen molar-refractivity contribution in [2.45, 2.75) is 25.2 Å². The molecule has 1 aliphatic heterocycles. The van der Waals surface area contributed by atoms with Gasteiger partial charge in [-0.05, 0) is 25.5 Å². The van der Waals surface area contributed by atoms with Crippen LogP contribution in [0.4, 0.5) is 8.78 Å². The first-order valence-corrected chi connectivity index (χ1v) is 6.08. The van der Waals surface area contributed by atoms with Gasteiger partial charge in [0, 0.05) is 30.6 Å². The second-order valence-corrected chi connectivity index (χ2v) is 4.55. The average molecular weight is 252 g/mol. The van der Waals surface area contributed by atoms with E-state index in [1.54, 1.807) is 12.4 Å². The maximum atomic E-state index is 12.8. The van der Waals surface area contributed by atoms with Crippen LogP contribution in [0.3, 0.4) is 0 Å². The number of rotatable bonds is 2. The standard InChI is InChI=1S/C12H14F2N4/c13-11(14)9-6-10(8-2-1-3-15-7-8)18-5-4-16-12(18)17-9/h4-6,8,11,15H,1-3,7H2. The molecule has 3 heterocycles. The quantitative estimate of drug-likeness (QED) is 0.890. The van der Waals surface area contributed by atoms with E-state index in [9.17, 15) is 8.78 Å². The lowest BCUT2D eigenvalue weighted by Crippen LogP contribution is -2.29. The highest BCUT2D eigenvalue weighted by Crippen LogP contribution is 2.27. The van der Waals surface area contributed by atoms with Gasteiger partial charge in [-0.1, -0.05) is 0 Å². The third-order valence-corrected chi connectivity index (χ3v) is 3.36. The summed E-state index contributed by atoms with van der Waals surface area (Å²) in [6.45, 7) is 1.82. The molecule has 6 heteroatoms. The van der Waals surface area contributed by atoms with Crippen LogP contribution in [0.15, 0.2) is 18.5 Å². The van der Waals surface area contributed by atoms with Crippen LogP contribution in [0.2, 0.25) is 0 Å². The number of piperidine rings is 1. The van der Waals surface area contributed by atoms with Crippen molar-refractivity contribution in [2.24, 2.45) is 0 Å². The molecule has 0 radical (unpaired) electrons. The Kier molecular flexibility index (Phi) is 2.95. The van der Waals surface area contributed by atoms with Crippen LogP contribution in [0, 0.1) is 0 Å². The minimum absolute atomic E-state index is 0.186. The largest absolute Gasteiger partial charge is 0.316 e. The molecule has 4 nitrogen and oxygen atoms in total. The highest BCUT2D eigenvalue weighted by molar-refractivity contribution is 5.35. The second kappa shape index (κ2) is 4.61. The summed E-state index contributed by atoms with van der Waals surface area (Å²) in [6, 6.07) is 1.51. The molecule has 1 unspecified atom stereocenters. The van der Waals surface area contributed by atoms with Crippen molar-refractivity contribution in [1.82, 2.24) is 19.7 Å². The van der Waals surface area contributed by atoms with Crippen molar-refractivity contribution in [2.75, 3.05) is 13.1 Å². The van der Waals surface area contributed by atoms with Gasteiger partial charge in [0.05, 0.1) is 0 Å². The Morgan fingerprint density at radius 2 is 2.33 bits per heavy atom. The third kappa shape index (κ3) is 1.96. The number of imidazole rings is 1. The number of hydrogen-bond acceptors (Lipinski definition) is 3. The maximum absolute atomic E-state index is 12.8. The Morgan fingerprint density at radius 3 is 3.06 bits per heavy atom. The van der Waals surface area contributed by atoms with Crippen molar-refractivity contribution in [3.63, 3.8) is 0 Å². The van der Waals surface area contributed by atoms with Gasteiger partial charge >= 0.3 is 0 Å². The van der Waals surface area contributed by atoms with Crippen LogP contribution >= 0.6 is 0 Å². The number of nitrogens with zero attached hydrogens (tertiary/aromatic N) is 3. The van der Waals surface area contributed by atoms with Crippen LogP contribution in [0.1, 0.15) is 36.6 Å². The van der Waals surface area contributed by atoms with Crippen molar-refractivity contribution in [1.29, 1.82) is 0 Å². The molecule has 1 saturated heterocycles. The van der Waals surface area contributed by atoms with Gasteiger partial charge in [0.15, 0.2) is 0 Å². The Labute approximate surface area is 103 Å². The summed E-state index contributed by atoms with van der Waals surface area (Å²) in [5, 5.41) is 3.30. The molecule has 96 valence electrons. The molecule has 0 saturated carbocycles. The van der Waals surface area contributed by atoms with Crippen molar-refractivity contribution < 1.29 is 8.78 Å². The molecule has 18 heavy (non-hydrogen) atoms. The molecule has 1 aliphatic rings. The second-order valence-electron chi connectivity index (χ2n) is 4.55. The van der Waals surface area contributed by atoms with E-state index in [0.29, 0.717) is 5.78 Å².